The average molecular weight is 250 g/mol. The van der Waals surface area contributed by atoms with Crippen LogP contribution in [-0.4, -0.2) is 28.9 Å². The van der Waals surface area contributed by atoms with Gasteiger partial charge in [-0.3, -0.25) is 0 Å². The second kappa shape index (κ2) is 5.59. The Hall–Kier alpha value is -1.95. The molecule has 0 saturated carbocycles. The molecule has 0 aliphatic rings. The van der Waals surface area contributed by atoms with Gasteiger partial charge in [-0.05, 0) is 13.1 Å². The van der Waals surface area contributed by atoms with Crippen LogP contribution in [0.3, 0.4) is 0 Å². The number of ether oxygens (including phenoxy) is 1. The number of halogens is 1. The number of aromatic nitrogens is 3. The fraction of sp³-hybridized carbons (Fsp3) is 0.333. The normalized spacial score (nSPS) is 10.6. The van der Waals surface area contributed by atoms with Crippen LogP contribution < -0.4 is 10.1 Å². The Kier molecular flexibility index (Phi) is 3.88. The van der Waals surface area contributed by atoms with Crippen molar-refractivity contribution in [1.29, 1.82) is 0 Å². The van der Waals surface area contributed by atoms with Gasteiger partial charge in [0.05, 0.1) is 20.2 Å². The molecule has 0 bridgehead atoms. The topological polar surface area (TPSA) is 52.0 Å². The SMILES string of the molecule is CNCc1ncnn1Cc1cccc(OC)c1F. The summed E-state index contributed by atoms with van der Waals surface area (Å²) < 4.78 is 20.6. The van der Waals surface area contributed by atoms with Crippen molar-refractivity contribution in [3.8, 4) is 5.75 Å². The first-order valence-electron chi connectivity index (χ1n) is 5.59. The molecule has 0 amide bonds. The fourth-order valence-electron chi connectivity index (χ4n) is 1.71. The van der Waals surface area contributed by atoms with E-state index in [2.05, 4.69) is 15.4 Å². The average Bonchev–Trinajstić information content (AvgIpc) is 2.80. The Morgan fingerprint density at radius 3 is 3.00 bits per heavy atom. The molecule has 18 heavy (non-hydrogen) atoms. The lowest BCUT2D eigenvalue weighted by molar-refractivity contribution is 0.383. The molecule has 1 aromatic carbocycles. The van der Waals surface area contributed by atoms with E-state index in [-0.39, 0.29) is 11.6 Å². The van der Waals surface area contributed by atoms with Crippen molar-refractivity contribution in [1.82, 2.24) is 20.1 Å². The summed E-state index contributed by atoms with van der Waals surface area (Å²) in [7, 11) is 3.27. The monoisotopic (exact) mass is 250 g/mol. The Labute approximate surface area is 105 Å². The van der Waals surface area contributed by atoms with Crippen LogP contribution in [0.1, 0.15) is 11.4 Å². The Balaban J connectivity index is 2.25. The smallest absolute Gasteiger partial charge is 0.170 e. The summed E-state index contributed by atoms with van der Waals surface area (Å²) in [5.74, 6) is 0.647. The molecule has 1 N–H and O–H groups in total. The Bertz CT molecular complexity index is 527. The van der Waals surface area contributed by atoms with Crippen molar-refractivity contribution < 1.29 is 9.13 Å². The fourth-order valence-corrected chi connectivity index (χ4v) is 1.71. The van der Waals surface area contributed by atoms with Gasteiger partial charge in [0, 0.05) is 5.56 Å². The number of hydrogen-bond acceptors (Lipinski definition) is 4. The third-order valence-electron chi connectivity index (χ3n) is 2.61. The molecule has 0 aliphatic heterocycles. The van der Waals surface area contributed by atoms with Gasteiger partial charge in [-0.2, -0.15) is 5.10 Å². The largest absolute Gasteiger partial charge is 0.494 e. The molecule has 0 atom stereocenters. The van der Waals surface area contributed by atoms with E-state index in [4.69, 9.17) is 4.74 Å². The highest BCUT2D eigenvalue weighted by Crippen LogP contribution is 2.20. The molecule has 96 valence electrons. The van der Waals surface area contributed by atoms with Gasteiger partial charge < -0.3 is 10.1 Å². The van der Waals surface area contributed by atoms with Crippen molar-refractivity contribution in [3.63, 3.8) is 0 Å². The predicted octanol–water partition coefficient (Wildman–Crippen LogP) is 1.19. The predicted molar refractivity (Wildman–Crippen MR) is 64.8 cm³/mol. The maximum absolute atomic E-state index is 14.0. The van der Waals surface area contributed by atoms with Crippen LogP contribution in [0.4, 0.5) is 4.39 Å². The number of benzene rings is 1. The van der Waals surface area contributed by atoms with Crippen molar-refractivity contribution in [3.05, 3.63) is 41.7 Å². The second-order valence-electron chi connectivity index (χ2n) is 3.80. The summed E-state index contributed by atoms with van der Waals surface area (Å²) in [4.78, 5) is 4.11. The van der Waals surface area contributed by atoms with Gasteiger partial charge in [-0.1, -0.05) is 12.1 Å². The molecule has 0 fully saturated rings. The number of nitrogens with one attached hydrogen (secondary N) is 1. The van der Waals surface area contributed by atoms with Gasteiger partial charge in [-0.25, -0.2) is 14.1 Å². The van der Waals surface area contributed by atoms with Crippen LogP contribution >= 0.6 is 0 Å². The molecular formula is C12H15FN4O. The first-order chi connectivity index (χ1) is 8.76. The minimum absolute atomic E-state index is 0.239. The molecule has 0 unspecified atom stereocenters. The van der Waals surface area contributed by atoms with Crippen molar-refractivity contribution in [2.24, 2.45) is 0 Å². The first kappa shape index (κ1) is 12.5. The zero-order chi connectivity index (χ0) is 13.0. The van der Waals surface area contributed by atoms with E-state index in [9.17, 15) is 4.39 Å². The summed E-state index contributed by atoms with van der Waals surface area (Å²) in [5, 5.41) is 7.08. The van der Waals surface area contributed by atoms with Gasteiger partial charge in [0.1, 0.15) is 12.2 Å². The van der Waals surface area contributed by atoms with E-state index in [1.807, 2.05) is 7.05 Å². The first-order valence-corrected chi connectivity index (χ1v) is 5.59. The number of nitrogens with zero attached hydrogens (tertiary/aromatic N) is 3. The maximum Gasteiger partial charge on any atom is 0.170 e. The minimum Gasteiger partial charge on any atom is -0.494 e. The number of methoxy groups -OCH3 is 1. The molecule has 5 nitrogen and oxygen atoms in total. The lowest BCUT2D eigenvalue weighted by atomic mass is 10.2. The molecule has 1 aromatic heterocycles. The minimum atomic E-state index is -0.356. The Morgan fingerprint density at radius 2 is 2.28 bits per heavy atom. The van der Waals surface area contributed by atoms with Gasteiger partial charge in [-0.15, -0.1) is 0 Å². The lowest BCUT2D eigenvalue weighted by Crippen LogP contribution is -2.14. The van der Waals surface area contributed by atoms with Crippen LogP contribution in [0.15, 0.2) is 24.5 Å². The maximum atomic E-state index is 14.0. The van der Waals surface area contributed by atoms with E-state index < -0.39 is 0 Å². The molecule has 0 radical (unpaired) electrons. The highest BCUT2D eigenvalue weighted by Gasteiger charge is 2.11. The molecule has 1 heterocycles. The van der Waals surface area contributed by atoms with Gasteiger partial charge in [0.2, 0.25) is 0 Å². The second-order valence-corrected chi connectivity index (χ2v) is 3.80. The van der Waals surface area contributed by atoms with Gasteiger partial charge in [0.15, 0.2) is 11.6 Å². The molecule has 2 aromatic rings. The number of hydrogen-bond donors (Lipinski definition) is 1. The van der Waals surface area contributed by atoms with E-state index in [0.717, 1.165) is 5.82 Å². The molecule has 0 spiro atoms. The molecule has 2 rings (SSSR count). The third-order valence-corrected chi connectivity index (χ3v) is 2.61. The summed E-state index contributed by atoms with van der Waals surface area (Å²) >= 11 is 0. The molecular weight excluding hydrogens is 235 g/mol. The lowest BCUT2D eigenvalue weighted by Gasteiger charge is -2.09. The highest BCUT2D eigenvalue weighted by atomic mass is 19.1. The summed E-state index contributed by atoms with van der Waals surface area (Å²) in [5.41, 5.74) is 0.525. The van der Waals surface area contributed by atoms with Crippen LogP contribution in [-0.2, 0) is 13.1 Å². The summed E-state index contributed by atoms with van der Waals surface area (Å²) in [6, 6.07) is 5.06. The molecule has 0 saturated heterocycles. The third kappa shape index (κ3) is 2.48. The van der Waals surface area contributed by atoms with E-state index in [1.54, 1.807) is 22.9 Å². The van der Waals surface area contributed by atoms with Crippen molar-refractivity contribution in [2.75, 3.05) is 14.2 Å². The summed E-state index contributed by atoms with van der Waals surface area (Å²) in [6.45, 7) is 0.922. The number of rotatable bonds is 5. The highest BCUT2D eigenvalue weighted by molar-refractivity contribution is 5.31. The van der Waals surface area contributed by atoms with Crippen molar-refractivity contribution in [2.45, 2.75) is 13.1 Å². The van der Waals surface area contributed by atoms with E-state index >= 15 is 0 Å². The van der Waals surface area contributed by atoms with Crippen LogP contribution in [0, 0.1) is 5.82 Å². The zero-order valence-electron chi connectivity index (χ0n) is 10.4. The quantitative estimate of drug-likeness (QED) is 0.866. The van der Waals surface area contributed by atoms with Crippen molar-refractivity contribution >= 4 is 0 Å². The van der Waals surface area contributed by atoms with Crippen LogP contribution in [0.5, 0.6) is 5.75 Å². The van der Waals surface area contributed by atoms with Crippen LogP contribution in [0.2, 0.25) is 0 Å². The van der Waals surface area contributed by atoms with Crippen LogP contribution in [0.25, 0.3) is 0 Å². The molecule has 6 heteroatoms. The molecule has 0 aliphatic carbocycles. The van der Waals surface area contributed by atoms with Gasteiger partial charge in [0.25, 0.3) is 0 Å². The zero-order valence-corrected chi connectivity index (χ0v) is 10.4. The standard InChI is InChI=1S/C12H15FN4O/c1-14-6-11-15-8-16-17(11)7-9-4-3-5-10(18-2)12(9)13/h3-5,8,14H,6-7H2,1-2H3. The Morgan fingerprint density at radius 1 is 1.44 bits per heavy atom. The van der Waals surface area contributed by atoms with E-state index in [1.165, 1.54) is 13.4 Å². The van der Waals surface area contributed by atoms with E-state index in [0.29, 0.717) is 18.7 Å². The van der Waals surface area contributed by atoms with Gasteiger partial charge >= 0.3 is 0 Å². The summed E-state index contributed by atoms with van der Waals surface area (Å²) in [6.07, 6.45) is 1.46.